The van der Waals surface area contributed by atoms with Gasteiger partial charge in [-0.25, -0.2) is 0 Å². The summed E-state index contributed by atoms with van der Waals surface area (Å²) in [7, 11) is -1.82. The molecule has 0 aromatic heterocycles. The molecule has 0 amide bonds. The number of unbranched alkanes of at least 4 members (excludes halogenated alkanes) is 3. The minimum atomic E-state index is -1.82. The summed E-state index contributed by atoms with van der Waals surface area (Å²) < 4.78 is 6.78. The largest absolute Gasteiger partial charge is 0.481 e. The van der Waals surface area contributed by atoms with Gasteiger partial charge in [-0.3, -0.25) is 9.59 Å². The summed E-state index contributed by atoms with van der Waals surface area (Å²) in [6.07, 6.45) is 16.1. The number of carbonyl (C=O) groups excluding carboxylic acids is 1. The van der Waals surface area contributed by atoms with Crippen LogP contribution in [-0.2, 0) is 14.0 Å². The van der Waals surface area contributed by atoms with Crippen molar-refractivity contribution in [3.8, 4) is 0 Å². The Morgan fingerprint density at radius 1 is 1.23 bits per heavy atom. The second-order valence-electron chi connectivity index (χ2n) is 10.5. The zero-order chi connectivity index (χ0) is 23.5. The third kappa shape index (κ3) is 10.3. The van der Waals surface area contributed by atoms with Crippen LogP contribution in [0, 0.1) is 5.92 Å². The third-order valence-corrected chi connectivity index (χ3v) is 11.4. The van der Waals surface area contributed by atoms with Crippen LogP contribution in [0.2, 0.25) is 18.1 Å². The molecule has 1 aliphatic rings. The number of carbonyl (C=O) groups is 2. The van der Waals surface area contributed by atoms with Gasteiger partial charge >= 0.3 is 5.97 Å². The summed E-state index contributed by atoms with van der Waals surface area (Å²) in [5, 5.41) is 8.92. The van der Waals surface area contributed by atoms with Crippen LogP contribution in [0.15, 0.2) is 23.8 Å². The number of ketones is 1. The molecule has 2 atom stereocenters. The molecule has 0 spiro atoms. The number of carboxylic acids is 1. The summed E-state index contributed by atoms with van der Waals surface area (Å²) in [6, 6.07) is 0. The highest BCUT2D eigenvalue weighted by Crippen LogP contribution is 2.39. The molecule has 0 saturated heterocycles. The lowest BCUT2D eigenvalue weighted by atomic mass is 9.91. The maximum absolute atomic E-state index is 12.4. The van der Waals surface area contributed by atoms with E-state index in [4.69, 9.17) is 9.53 Å². The van der Waals surface area contributed by atoms with Crippen molar-refractivity contribution in [3.05, 3.63) is 23.8 Å². The molecular weight excluding hydrogens is 404 g/mol. The van der Waals surface area contributed by atoms with Crippen molar-refractivity contribution in [1.29, 1.82) is 0 Å². The van der Waals surface area contributed by atoms with Crippen molar-refractivity contribution in [2.45, 2.75) is 123 Å². The Labute approximate surface area is 191 Å². The van der Waals surface area contributed by atoms with Crippen LogP contribution in [0.3, 0.4) is 0 Å². The van der Waals surface area contributed by atoms with Gasteiger partial charge in [0, 0.05) is 24.9 Å². The van der Waals surface area contributed by atoms with Gasteiger partial charge in [-0.15, -0.1) is 0 Å². The molecule has 178 valence electrons. The number of hydrogen-bond acceptors (Lipinski definition) is 3. The van der Waals surface area contributed by atoms with E-state index in [1.165, 1.54) is 24.8 Å². The van der Waals surface area contributed by atoms with Gasteiger partial charge in [-0.2, -0.15) is 0 Å². The van der Waals surface area contributed by atoms with Crippen molar-refractivity contribution in [3.63, 3.8) is 0 Å². The second-order valence-corrected chi connectivity index (χ2v) is 15.3. The molecule has 4 nitrogen and oxygen atoms in total. The van der Waals surface area contributed by atoms with Gasteiger partial charge in [-0.1, -0.05) is 70.8 Å². The van der Waals surface area contributed by atoms with Crippen LogP contribution in [-0.4, -0.2) is 31.3 Å². The fourth-order valence-corrected chi connectivity index (χ4v) is 5.23. The minimum absolute atomic E-state index is 0.000105. The quantitative estimate of drug-likeness (QED) is 0.160. The van der Waals surface area contributed by atoms with E-state index in [0.29, 0.717) is 18.6 Å². The van der Waals surface area contributed by atoms with Crippen LogP contribution >= 0.6 is 0 Å². The Morgan fingerprint density at radius 3 is 2.55 bits per heavy atom. The smallest absolute Gasteiger partial charge is 0.303 e. The fourth-order valence-electron chi connectivity index (χ4n) is 3.81. The number of carboxylic acid groups (broad SMARTS) is 1. The number of aliphatic carboxylic acids is 1. The van der Waals surface area contributed by atoms with Gasteiger partial charge in [0.2, 0.25) is 0 Å². The molecule has 0 radical (unpaired) electrons. The van der Waals surface area contributed by atoms with E-state index in [0.717, 1.165) is 32.1 Å². The fraction of sp³-hybridized carbons (Fsp3) is 0.769. The van der Waals surface area contributed by atoms with E-state index in [1.54, 1.807) is 0 Å². The SMILES string of the molecule is CCCCC[C@@H](CCC1=CCC(=O)[C@@H]1C/C=C\CCCC(=O)O)O[Si](C)(C)C(C)(C)C. The molecule has 0 aliphatic heterocycles. The molecule has 5 heteroatoms. The Morgan fingerprint density at radius 2 is 1.94 bits per heavy atom. The molecule has 31 heavy (non-hydrogen) atoms. The predicted molar refractivity (Wildman–Crippen MR) is 132 cm³/mol. The van der Waals surface area contributed by atoms with Crippen molar-refractivity contribution < 1.29 is 19.1 Å². The monoisotopic (exact) mass is 450 g/mol. The highest BCUT2D eigenvalue weighted by molar-refractivity contribution is 6.74. The second kappa shape index (κ2) is 13.4. The number of Topliss-reactive ketones (excluding diaryl/α,β-unsaturated/α-hetero) is 1. The Bertz CT molecular complexity index is 628. The molecule has 0 fully saturated rings. The molecule has 0 bridgehead atoms. The zero-order valence-electron chi connectivity index (χ0n) is 20.8. The third-order valence-electron chi connectivity index (χ3n) is 6.85. The maximum Gasteiger partial charge on any atom is 0.303 e. The first-order valence-corrected chi connectivity index (χ1v) is 15.1. The lowest BCUT2D eigenvalue weighted by Gasteiger charge is -2.39. The number of rotatable bonds is 15. The molecular formula is C26H46O4Si. The summed E-state index contributed by atoms with van der Waals surface area (Å²) in [5.41, 5.74) is 1.28. The highest BCUT2D eigenvalue weighted by Gasteiger charge is 2.39. The molecule has 0 saturated carbocycles. The van der Waals surface area contributed by atoms with Gasteiger partial charge < -0.3 is 9.53 Å². The average Bonchev–Trinajstić information content (AvgIpc) is 3.01. The lowest BCUT2D eigenvalue weighted by Crippen LogP contribution is -2.44. The van der Waals surface area contributed by atoms with E-state index < -0.39 is 14.3 Å². The normalized spacial score (nSPS) is 18.6. The van der Waals surface area contributed by atoms with Gasteiger partial charge in [0.1, 0.15) is 5.78 Å². The van der Waals surface area contributed by atoms with Crippen LogP contribution in [0.5, 0.6) is 0 Å². The Balaban J connectivity index is 2.64. The summed E-state index contributed by atoms with van der Waals surface area (Å²) in [6.45, 7) is 13.8. The molecule has 0 aromatic carbocycles. The summed E-state index contributed by atoms with van der Waals surface area (Å²) in [4.78, 5) is 23.0. The summed E-state index contributed by atoms with van der Waals surface area (Å²) in [5.74, 6) is -0.434. The first kappa shape index (κ1) is 27.8. The van der Waals surface area contributed by atoms with Crippen LogP contribution < -0.4 is 0 Å². The molecule has 1 rings (SSSR count). The standard InChI is InChI=1S/C26H46O4Si/c1-7-8-11-14-22(30-31(5,6)26(2,3)4)19-17-21-18-20-24(27)23(21)15-12-9-10-13-16-25(28)29/h9,12,18,22-23H,7-8,10-11,13-17,19-20H2,1-6H3,(H,28,29)/b12-9-/t22-,23+/m0/s1. The van der Waals surface area contributed by atoms with Crippen molar-refractivity contribution in [2.24, 2.45) is 5.92 Å². The molecule has 1 N–H and O–H groups in total. The van der Waals surface area contributed by atoms with E-state index in [2.05, 4.69) is 52.9 Å². The van der Waals surface area contributed by atoms with E-state index in [-0.39, 0.29) is 23.5 Å². The Hall–Kier alpha value is -1.20. The molecule has 0 aromatic rings. The van der Waals surface area contributed by atoms with Crippen molar-refractivity contribution in [1.82, 2.24) is 0 Å². The highest BCUT2D eigenvalue weighted by atomic mass is 28.4. The minimum Gasteiger partial charge on any atom is -0.481 e. The number of hydrogen-bond donors (Lipinski definition) is 1. The number of allylic oxidation sites excluding steroid dienone is 4. The summed E-state index contributed by atoms with van der Waals surface area (Å²) >= 11 is 0. The van der Waals surface area contributed by atoms with Gasteiger partial charge in [0.25, 0.3) is 0 Å². The molecule has 1 aliphatic carbocycles. The first-order chi connectivity index (χ1) is 14.5. The van der Waals surface area contributed by atoms with Crippen molar-refractivity contribution in [2.75, 3.05) is 0 Å². The predicted octanol–water partition coefficient (Wildman–Crippen LogP) is 7.45. The molecule has 0 unspecified atom stereocenters. The molecule has 0 heterocycles. The first-order valence-electron chi connectivity index (χ1n) is 12.2. The maximum atomic E-state index is 12.4. The topological polar surface area (TPSA) is 63.6 Å². The lowest BCUT2D eigenvalue weighted by molar-refractivity contribution is -0.137. The van der Waals surface area contributed by atoms with Crippen molar-refractivity contribution >= 4 is 20.1 Å². The van der Waals surface area contributed by atoms with Crippen LogP contribution in [0.4, 0.5) is 0 Å². The Kier molecular flexibility index (Phi) is 12.0. The van der Waals surface area contributed by atoms with Gasteiger partial charge in [0.05, 0.1) is 0 Å². The van der Waals surface area contributed by atoms with E-state index in [1.807, 2.05) is 6.08 Å². The van der Waals surface area contributed by atoms with E-state index >= 15 is 0 Å². The zero-order valence-corrected chi connectivity index (χ0v) is 21.8. The van der Waals surface area contributed by atoms with Crippen LogP contribution in [0.25, 0.3) is 0 Å². The average molecular weight is 451 g/mol. The van der Waals surface area contributed by atoms with Gasteiger partial charge in [0.15, 0.2) is 8.32 Å². The van der Waals surface area contributed by atoms with Crippen LogP contribution in [0.1, 0.15) is 98.3 Å². The van der Waals surface area contributed by atoms with E-state index in [9.17, 15) is 9.59 Å². The van der Waals surface area contributed by atoms with Gasteiger partial charge in [-0.05, 0) is 56.7 Å².